The van der Waals surface area contributed by atoms with Gasteiger partial charge in [-0.1, -0.05) is 107 Å². The van der Waals surface area contributed by atoms with Crippen LogP contribution in [0.25, 0.3) is 69.9 Å². The summed E-state index contributed by atoms with van der Waals surface area (Å²) in [5, 5.41) is 5.20. The Morgan fingerprint density at radius 3 is 1.97 bits per heavy atom. The molecule has 0 aliphatic rings. The second-order valence-corrected chi connectivity index (χ2v) is 11.9. The van der Waals surface area contributed by atoms with Crippen LogP contribution in [0, 0.1) is 0 Å². The molecule has 3 heteroatoms. The maximum absolute atomic E-state index is 3.65. The Balaban J connectivity index is 1.39. The molecule has 6 aromatic carbocycles. The van der Waals surface area contributed by atoms with Crippen LogP contribution in [0.3, 0.4) is 0 Å². The van der Waals surface area contributed by atoms with Gasteiger partial charge in [-0.05, 0) is 64.7 Å². The second kappa shape index (κ2) is 8.94. The van der Waals surface area contributed by atoms with Crippen molar-refractivity contribution in [1.82, 2.24) is 4.57 Å². The highest BCUT2D eigenvalue weighted by Gasteiger charge is 2.16. The summed E-state index contributed by atoms with van der Waals surface area (Å²) in [4.78, 5) is 0. The van der Waals surface area contributed by atoms with Crippen LogP contribution >= 0.6 is 27.3 Å². The molecule has 0 amide bonds. The molecule has 0 fully saturated rings. The predicted molar refractivity (Wildman–Crippen MR) is 172 cm³/mol. The van der Waals surface area contributed by atoms with Crippen molar-refractivity contribution in [3.8, 4) is 27.9 Å². The van der Waals surface area contributed by atoms with Crippen LogP contribution < -0.4 is 0 Å². The average molecular weight is 581 g/mol. The van der Waals surface area contributed by atoms with Crippen molar-refractivity contribution in [1.29, 1.82) is 0 Å². The highest BCUT2D eigenvalue weighted by atomic mass is 79.9. The van der Waals surface area contributed by atoms with E-state index in [9.17, 15) is 0 Å². The summed E-state index contributed by atoms with van der Waals surface area (Å²) in [5.41, 5.74) is 8.52. The highest BCUT2D eigenvalue weighted by molar-refractivity contribution is 9.10. The minimum atomic E-state index is 1.09. The Hall–Kier alpha value is -4.18. The van der Waals surface area contributed by atoms with Crippen molar-refractivity contribution in [2.45, 2.75) is 0 Å². The number of benzene rings is 6. The third-order valence-electron chi connectivity index (χ3n) is 7.67. The Labute approximate surface area is 238 Å². The number of fused-ring (bicyclic) bond motifs is 6. The first-order valence-corrected chi connectivity index (χ1v) is 14.7. The lowest BCUT2D eigenvalue weighted by Crippen LogP contribution is -1.94. The van der Waals surface area contributed by atoms with Crippen LogP contribution in [0.2, 0.25) is 0 Å². The summed E-state index contributed by atoms with van der Waals surface area (Å²) in [5.74, 6) is 0. The van der Waals surface area contributed by atoms with E-state index >= 15 is 0 Å². The topological polar surface area (TPSA) is 4.93 Å². The van der Waals surface area contributed by atoms with Crippen molar-refractivity contribution in [3.05, 3.63) is 138 Å². The lowest BCUT2D eigenvalue weighted by molar-refractivity contribution is 1.19. The van der Waals surface area contributed by atoms with E-state index in [0.29, 0.717) is 0 Å². The van der Waals surface area contributed by atoms with Gasteiger partial charge >= 0.3 is 0 Å². The first kappa shape index (κ1) is 22.8. The standard InChI is InChI=1S/C36H22BrNS/c37-25-9-7-8-23(20-25)27-10-1-2-11-28(27)24-16-18-30-29-12-3-5-14-33(29)38(34(30)21-24)26-17-19-32-31-13-4-6-15-35(31)39-36(32)22-26/h1-22H. The molecule has 1 nitrogen and oxygen atoms in total. The van der Waals surface area contributed by atoms with Gasteiger partial charge in [0.15, 0.2) is 0 Å². The molecule has 8 rings (SSSR count). The molecule has 0 radical (unpaired) electrons. The summed E-state index contributed by atoms with van der Waals surface area (Å²) in [6.45, 7) is 0. The fraction of sp³-hybridized carbons (Fsp3) is 0. The lowest BCUT2D eigenvalue weighted by Gasteiger charge is -2.12. The van der Waals surface area contributed by atoms with Crippen LogP contribution in [0.1, 0.15) is 0 Å². The van der Waals surface area contributed by atoms with Crippen molar-refractivity contribution in [2.24, 2.45) is 0 Å². The molecule has 8 aromatic rings. The van der Waals surface area contributed by atoms with Crippen molar-refractivity contribution >= 4 is 69.2 Å². The van der Waals surface area contributed by atoms with Gasteiger partial charge in [-0.25, -0.2) is 0 Å². The summed E-state index contributed by atoms with van der Waals surface area (Å²) in [6.07, 6.45) is 0. The number of para-hydroxylation sites is 1. The first-order chi connectivity index (χ1) is 19.2. The monoisotopic (exact) mass is 579 g/mol. The minimum absolute atomic E-state index is 1.09. The molecule has 0 unspecified atom stereocenters. The van der Waals surface area contributed by atoms with Gasteiger partial charge in [0.05, 0.1) is 11.0 Å². The molecule has 0 saturated carbocycles. The van der Waals surface area contributed by atoms with E-state index in [1.54, 1.807) is 0 Å². The first-order valence-electron chi connectivity index (χ1n) is 13.0. The molecule has 0 aliphatic heterocycles. The van der Waals surface area contributed by atoms with Crippen molar-refractivity contribution in [3.63, 3.8) is 0 Å². The van der Waals surface area contributed by atoms with Crippen LogP contribution in [0.4, 0.5) is 0 Å². The molecule has 39 heavy (non-hydrogen) atoms. The molecule has 0 atom stereocenters. The van der Waals surface area contributed by atoms with E-state index in [0.717, 1.165) is 4.47 Å². The number of aromatic nitrogens is 1. The third-order valence-corrected chi connectivity index (χ3v) is 9.29. The number of nitrogens with zero attached hydrogens (tertiary/aromatic N) is 1. The molecule has 0 aliphatic carbocycles. The maximum Gasteiger partial charge on any atom is 0.0547 e. The zero-order valence-electron chi connectivity index (χ0n) is 20.9. The molecule has 0 bridgehead atoms. The molecule has 0 N–H and O–H groups in total. The van der Waals surface area contributed by atoms with E-state index in [1.807, 2.05) is 11.3 Å². The molecule has 2 heterocycles. The van der Waals surface area contributed by atoms with E-state index in [4.69, 9.17) is 0 Å². The number of halogens is 1. The minimum Gasteiger partial charge on any atom is -0.309 e. The second-order valence-electron chi connectivity index (χ2n) is 9.92. The van der Waals surface area contributed by atoms with Crippen LogP contribution in [0.5, 0.6) is 0 Å². The smallest absolute Gasteiger partial charge is 0.0547 e. The zero-order valence-corrected chi connectivity index (χ0v) is 23.3. The summed E-state index contributed by atoms with van der Waals surface area (Å²) in [6, 6.07) is 48.5. The molecular weight excluding hydrogens is 558 g/mol. The van der Waals surface area contributed by atoms with E-state index < -0.39 is 0 Å². The quantitative estimate of drug-likeness (QED) is 0.196. The van der Waals surface area contributed by atoms with Gasteiger partial charge in [-0.2, -0.15) is 0 Å². The van der Waals surface area contributed by atoms with Crippen molar-refractivity contribution in [2.75, 3.05) is 0 Å². The van der Waals surface area contributed by atoms with Gasteiger partial charge < -0.3 is 4.57 Å². The predicted octanol–water partition coefficient (Wildman–Crippen LogP) is 11.2. The number of hydrogen-bond acceptors (Lipinski definition) is 1. The lowest BCUT2D eigenvalue weighted by atomic mass is 9.94. The SMILES string of the molecule is Brc1cccc(-c2ccccc2-c2ccc3c4ccccc4n(-c4ccc5c(c4)sc4ccccc45)c3c2)c1. The maximum atomic E-state index is 3.65. The Kier molecular flexibility index (Phi) is 5.22. The van der Waals surface area contributed by atoms with Crippen LogP contribution in [-0.2, 0) is 0 Å². The number of rotatable bonds is 3. The number of hydrogen-bond donors (Lipinski definition) is 0. The molecule has 2 aromatic heterocycles. The molecular formula is C36H22BrNS. The van der Waals surface area contributed by atoms with Gasteiger partial charge in [0.1, 0.15) is 0 Å². The van der Waals surface area contributed by atoms with Gasteiger partial charge in [-0.3, -0.25) is 0 Å². The molecule has 0 saturated heterocycles. The van der Waals surface area contributed by atoms with Gasteiger partial charge in [0.2, 0.25) is 0 Å². The van der Waals surface area contributed by atoms with Crippen molar-refractivity contribution < 1.29 is 0 Å². The highest BCUT2D eigenvalue weighted by Crippen LogP contribution is 2.40. The fourth-order valence-electron chi connectivity index (χ4n) is 5.91. The Bertz CT molecular complexity index is 2200. The van der Waals surface area contributed by atoms with E-state index in [2.05, 4.69) is 154 Å². The summed E-state index contributed by atoms with van der Waals surface area (Å²) in [7, 11) is 0. The van der Waals surface area contributed by atoms with E-state index in [1.165, 1.54) is 69.9 Å². The summed E-state index contributed by atoms with van der Waals surface area (Å²) >= 11 is 5.52. The average Bonchev–Trinajstić information content (AvgIpc) is 3.52. The Morgan fingerprint density at radius 1 is 0.462 bits per heavy atom. The molecule has 0 spiro atoms. The Morgan fingerprint density at radius 2 is 1.13 bits per heavy atom. The van der Waals surface area contributed by atoms with E-state index in [-0.39, 0.29) is 0 Å². The largest absolute Gasteiger partial charge is 0.309 e. The van der Waals surface area contributed by atoms with Gasteiger partial charge in [0, 0.05) is 41.1 Å². The zero-order chi connectivity index (χ0) is 25.9. The van der Waals surface area contributed by atoms with Crippen LogP contribution in [0.15, 0.2) is 138 Å². The molecule has 184 valence electrons. The normalized spacial score (nSPS) is 11.7. The van der Waals surface area contributed by atoms with Crippen LogP contribution in [-0.4, -0.2) is 4.57 Å². The van der Waals surface area contributed by atoms with Gasteiger partial charge in [-0.15, -0.1) is 11.3 Å². The fourth-order valence-corrected chi connectivity index (χ4v) is 7.45. The third kappa shape index (κ3) is 3.65. The number of thiophene rings is 1. The summed E-state index contributed by atoms with van der Waals surface area (Å²) < 4.78 is 6.16. The van der Waals surface area contributed by atoms with Gasteiger partial charge in [0.25, 0.3) is 0 Å².